The second-order valence-electron chi connectivity index (χ2n) is 7.35. The smallest absolute Gasteiger partial charge is 0.269 e. The minimum atomic E-state index is -0.382. The predicted molar refractivity (Wildman–Crippen MR) is 104 cm³/mol. The standard InChI is InChI=1S/C21H24N2O5/c1-13-12-28-21(14-4-6-16(7-5-14)23(24)25)22-9-8-15-10-18(26-2)19(27-3)11-17(15)20(13)22/h4-7,10-11,13,20-21H,8-9,12H2,1-3H3/t13-,20-,21+/m0/s1. The van der Waals surface area contributed by atoms with Crippen LogP contribution >= 0.6 is 0 Å². The number of non-ortho nitro benzene ring substituents is 1. The Morgan fingerprint density at radius 3 is 2.46 bits per heavy atom. The van der Waals surface area contributed by atoms with Crippen molar-refractivity contribution >= 4 is 5.69 Å². The lowest BCUT2D eigenvalue weighted by Gasteiger charge is -2.48. The van der Waals surface area contributed by atoms with Gasteiger partial charge in [-0.25, -0.2) is 0 Å². The molecular formula is C21H24N2O5. The molecule has 7 nitrogen and oxygen atoms in total. The summed E-state index contributed by atoms with van der Waals surface area (Å²) in [5.41, 5.74) is 3.54. The van der Waals surface area contributed by atoms with Crippen LogP contribution < -0.4 is 9.47 Å². The van der Waals surface area contributed by atoms with E-state index in [1.54, 1.807) is 26.4 Å². The summed E-state index contributed by atoms with van der Waals surface area (Å²) in [6, 6.07) is 11.0. The van der Waals surface area contributed by atoms with Crippen LogP contribution in [0.15, 0.2) is 36.4 Å². The second kappa shape index (κ2) is 7.41. The van der Waals surface area contributed by atoms with E-state index in [4.69, 9.17) is 14.2 Å². The molecule has 1 fully saturated rings. The van der Waals surface area contributed by atoms with Crippen LogP contribution in [0, 0.1) is 16.0 Å². The molecule has 28 heavy (non-hydrogen) atoms. The largest absolute Gasteiger partial charge is 0.493 e. The van der Waals surface area contributed by atoms with Crippen LogP contribution in [0.1, 0.15) is 35.9 Å². The fourth-order valence-electron chi connectivity index (χ4n) is 4.37. The maximum Gasteiger partial charge on any atom is 0.269 e. The molecular weight excluding hydrogens is 360 g/mol. The van der Waals surface area contributed by atoms with Crippen molar-refractivity contribution < 1.29 is 19.1 Å². The van der Waals surface area contributed by atoms with Gasteiger partial charge in [0.2, 0.25) is 0 Å². The van der Waals surface area contributed by atoms with E-state index in [1.807, 2.05) is 0 Å². The number of ether oxygens (including phenoxy) is 3. The van der Waals surface area contributed by atoms with Crippen LogP contribution in [-0.4, -0.2) is 37.2 Å². The highest BCUT2D eigenvalue weighted by atomic mass is 16.6. The number of nitrogens with zero attached hydrogens (tertiary/aromatic N) is 2. The molecule has 2 aromatic carbocycles. The second-order valence-corrected chi connectivity index (χ2v) is 7.35. The van der Waals surface area contributed by atoms with E-state index in [-0.39, 0.29) is 22.9 Å². The summed E-state index contributed by atoms with van der Waals surface area (Å²) < 4.78 is 17.2. The van der Waals surface area contributed by atoms with Crippen LogP contribution in [0.4, 0.5) is 5.69 Å². The highest BCUT2D eigenvalue weighted by Crippen LogP contribution is 2.47. The molecule has 4 rings (SSSR count). The van der Waals surface area contributed by atoms with Gasteiger partial charge in [-0.05, 0) is 53.3 Å². The van der Waals surface area contributed by atoms with E-state index < -0.39 is 0 Å². The molecule has 148 valence electrons. The molecule has 0 saturated carbocycles. The highest BCUT2D eigenvalue weighted by molar-refractivity contribution is 5.50. The lowest BCUT2D eigenvalue weighted by Crippen LogP contribution is -2.47. The lowest BCUT2D eigenvalue weighted by molar-refractivity contribution is -0.384. The van der Waals surface area contributed by atoms with Gasteiger partial charge < -0.3 is 14.2 Å². The molecule has 0 aromatic heterocycles. The van der Waals surface area contributed by atoms with E-state index in [9.17, 15) is 10.1 Å². The highest BCUT2D eigenvalue weighted by Gasteiger charge is 2.41. The van der Waals surface area contributed by atoms with Crippen molar-refractivity contribution in [1.82, 2.24) is 4.90 Å². The fraction of sp³-hybridized carbons (Fsp3) is 0.429. The number of hydrogen-bond acceptors (Lipinski definition) is 6. The SMILES string of the molecule is COc1cc2c(cc1OC)[C@@H]1[C@@H](C)CO[C@H](c3ccc([N+](=O)[O-])cc3)N1CC2. The summed E-state index contributed by atoms with van der Waals surface area (Å²) in [7, 11) is 3.30. The molecule has 2 aliphatic rings. The number of methoxy groups -OCH3 is 2. The third-order valence-corrected chi connectivity index (χ3v) is 5.71. The summed E-state index contributed by atoms with van der Waals surface area (Å²) in [4.78, 5) is 12.9. The van der Waals surface area contributed by atoms with Gasteiger partial charge in [0, 0.05) is 24.7 Å². The molecule has 2 aliphatic heterocycles. The minimum absolute atomic E-state index is 0.0882. The van der Waals surface area contributed by atoms with Crippen molar-refractivity contribution in [2.45, 2.75) is 25.6 Å². The van der Waals surface area contributed by atoms with Crippen molar-refractivity contribution in [3.8, 4) is 11.5 Å². The average Bonchev–Trinajstić information content (AvgIpc) is 2.72. The lowest BCUT2D eigenvalue weighted by atomic mass is 9.83. The maximum atomic E-state index is 11.0. The first-order valence-corrected chi connectivity index (χ1v) is 9.40. The zero-order valence-corrected chi connectivity index (χ0v) is 16.3. The van der Waals surface area contributed by atoms with Crippen LogP contribution in [0.2, 0.25) is 0 Å². The van der Waals surface area contributed by atoms with Gasteiger partial charge in [-0.1, -0.05) is 6.92 Å². The number of fused-ring (bicyclic) bond motifs is 3. The Balaban J connectivity index is 1.70. The normalized spacial score (nSPS) is 24.2. The van der Waals surface area contributed by atoms with E-state index >= 15 is 0 Å². The molecule has 3 atom stereocenters. The van der Waals surface area contributed by atoms with Gasteiger partial charge in [-0.2, -0.15) is 0 Å². The number of nitro groups is 1. The molecule has 2 heterocycles. The molecule has 0 spiro atoms. The maximum absolute atomic E-state index is 11.0. The Bertz CT molecular complexity index is 883. The van der Waals surface area contributed by atoms with Gasteiger partial charge in [0.05, 0.1) is 25.7 Å². The average molecular weight is 384 g/mol. The molecule has 0 aliphatic carbocycles. The summed E-state index contributed by atoms with van der Waals surface area (Å²) in [6.45, 7) is 3.66. The zero-order valence-electron chi connectivity index (χ0n) is 16.3. The molecule has 0 N–H and O–H groups in total. The Morgan fingerprint density at radius 2 is 1.82 bits per heavy atom. The van der Waals surface area contributed by atoms with E-state index in [2.05, 4.69) is 24.0 Å². The van der Waals surface area contributed by atoms with Crippen LogP contribution in [-0.2, 0) is 11.2 Å². The Labute approximate surface area is 164 Å². The van der Waals surface area contributed by atoms with E-state index in [0.29, 0.717) is 12.5 Å². The molecule has 0 radical (unpaired) electrons. The number of hydrogen-bond donors (Lipinski definition) is 0. The van der Waals surface area contributed by atoms with Gasteiger partial charge in [0.1, 0.15) is 6.23 Å². The Morgan fingerprint density at radius 1 is 1.14 bits per heavy atom. The molecule has 0 unspecified atom stereocenters. The topological polar surface area (TPSA) is 74.1 Å². The Hall–Kier alpha value is -2.64. The first-order chi connectivity index (χ1) is 13.5. The van der Waals surface area contributed by atoms with Gasteiger partial charge in [-0.15, -0.1) is 0 Å². The van der Waals surface area contributed by atoms with E-state index in [1.165, 1.54) is 23.3 Å². The van der Waals surface area contributed by atoms with Gasteiger partial charge in [0.15, 0.2) is 11.5 Å². The number of rotatable bonds is 4. The number of benzene rings is 2. The van der Waals surface area contributed by atoms with Crippen molar-refractivity contribution in [3.05, 3.63) is 63.2 Å². The molecule has 0 amide bonds. The van der Waals surface area contributed by atoms with Gasteiger partial charge in [0.25, 0.3) is 5.69 Å². The first kappa shape index (κ1) is 18.7. The summed E-state index contributed by atoms with van der Waals surface area (Å²) in [5.74, 6) is 1.79. The molecule has 2 aromatic rings. The molecule has 7 heteroatoms. The molecule has 1 saturated heterocycles. The summed E-state index contributed by atoms with van der Waals surface area (Å²) in [6.07, 6.45) is 0.661. The quantitative estimate of drug-likeness (QED) is 0.588. The van der Waals surface area contributed by atoms with Crippen molar-refractivity contribution in [2.75, 3.05) is 27.4 Å². The third kappa shape index (κ3) is 3.10. The first-order valence-electron chi connectivity index (χ1n) is 9.40. The predicted octanol–water partition coefficient (Wildman–Crippen LogP) is 3.88. The van der Waals surface area contributed by atoms with Crippen molar-refractivity contribution in [1.29, 1.82) is 0 Å². The van der Waals surface area contributed by atoms with Crippen molar-refractivity contribution in [3.63, 3.8) is 0 Å². The monoisotopic (exact) mass is 384 g/mol. The van der Waals surface area contributed by atoms with Crippen LogP contribution in [0.5, 0.6) is 11.5 Å². The third-order valence-electron chi connectivity index (χ3n) is 5.71. The molecule has 0 bridgehead atoms. The minimum Gasteiger partial charge on any atom is -0.493 e. The fourth-order valence-corrected chi connectivity index (χ4v) is 4.37. The van der Waals surface area contributed by atoms with Crippen molar-refractivity contribution in [2.24, 2.45) is 5.92 Å². The summed E-state index contributed by atoms with van der Waals surface area (Å²) in [5, 5.41) is 11.0. The zero-order chi connectivity index (χ0) is 19.8. The van der Waals surface area contributed by atoms with Crippen LogP contribution in [0.25, 0.3) is 0 Å². The van der Waals surface area contributed by atoms with E-state index in [0.717, 1.165) is 30.0 Å². The summed E-state index contributed by atoms with van der Waals surface area (Å²) >= 11 is 0. The van der Waals surface area contributed by atoms with Gasteiger partial charge >= 0.3 is 0 Å². The van der Waals surface area contributed by atoms with Crippen LogP contribution in [0.3, 0.4) is 0 Å². The number of nitro benzene ring substituents is 1. The Kier molecular flexibility index (Phi) is 4.95. The van der Waals surface area contributed by atoms with Gasteiger partial charge in [-0.3, -0.25) is 15.0 Å².